The number of aliphatic hydroxyl groups excluding tert-OH is 1. The van der Waals surface area contributed by atoms with Gasteiger partial charge in [-0.15, -0.1) is 0 Å². The van der Waals surface area contributed by atoms with Crippen LogP contribution in [0.3, 0.4) is 0 Å². The van der Waals surface area contributed by atoms with Crippen LogP contribution in [-0.2, 0) is 17.2 Å². The number of rotatable bonds is 6. The van der Waals surface area contributed by atoms with E-state index in [0.29, 0.717) is 0 Å². The molecule has 0 spiro atoms. The summed E-state index contributed by atoms with van der Waals surface area (Å²) in [6.45, 7) is 9.99. The Bertz CT molecular complexity index is 522. The second-order valence-corrected chi connectivity index (χ2v) is 11.7. The molecule has 0 saturated heterocycles. The molecule has 0 heterocycles. The van der Waals surface area contributed by atoms with Gasteiger partial charge >= 0.3 is 6.18 Å². The average molecular weight is 350 g/mol. The van der Waals surface area contributed by atoms with Crippen LogP contribution in [0.2, 0.25) is 18.1 Å². The molecule has 0 atom stereocenters. The summed E-state index contributed by atoms with van der Waals surface area (Å²) < 4.78 is 50.6. The number of alkyl halides is 3. The first kappa shape index (κ1) is 20.0. The Morgan fingerprint density at radius 3 is 2.17 bits per heavy atom. The summed E-state index contributed by atoms with van der Waals surface area (Å²) in [5.74, 6) is -0.275. The van der Waals surface area contributed by atoms with Crippen molar-refractivity contribution in [1.29, 1.82) is 0 Å². The van der Waals surface area contributed by atoms with E-state index in [9.17, 15) is 13.2 Å². The largest absolute Gasteiger partial charge is 0.491 e. The molecule has 0 aliphatic carbocycles. The minimum atomic E-state index is -4.57. The molecule has 0 radical (unpaired) electrons. The van der Waals surface area contributed by atoms with Crippen LogP contribution in [0, 0.1) is 0 Å². The van der Waals surface area contributed by atoms with E-state index in [1.807, 2.05) is 0 Å². The molecular weight excluding hydrogens is 325 g/mol. The molecule has 0 saturated carbocycles. The summed E-state index contributed by atoms with van der Waals surface area (Å²) in [7, 11) is -1.95. The maximum atomic E-state index is 13.1. The molecule has 1 aromatic carbocycles. The highest BCUT2D eigenvalue weighted by molar-refractivity contribution is 6.74. The molecule has 7 heteroatoms. The number of ether oxygens (including phenoxy) is 1. The third-order valence-corrected chi connectivity index (χ3v) is 8.71. The van der Waals surface area contributed by atoms with E-state index in [1.54, 1.807) is 0 Å². The Morgan fingerprint density at radius 1 is 1.09 bits per heavy atom. The summed E-state index contributed by atoms with van der Waals surface area (Å²) in [6, 6.07) is 3.93. The van der Waals surface area contributed by atoms with Crippen LogP contribution in [0.1, 0.15) is 31.9 Å². The zero-order valence-electron chi connectivity index (χ0n) is 14.3. The molecular formula is C16H25F3O3Si. The van der Waals surface area contributed by atoms with Crippen molar-refractivity contribution in [3.05, 3.63) is 29.3 Å². The van der Waals surface area contributed by atoms with E-state index in [-0.39, 0.29) is 29.6 Å². The number of hydrogen-bond acceptors (Lipinski definition) is 3. The molecule has 0 fully saturated rings. The smallest absolute Gasteiger partial charge is 0.420 e. The van der Waals surface area contributed by atoms with E-state index in [1.165, 1.54) is 18.2 Å². The van der Waals surface area contributed by atoms with Gasteiger partial charge in [-0.2, -0.15) is 13.2 Å². The van der Waals surface area contributed by atoms with Crippen molar-refractivity contribution >= 4 is 8.32 Å². The highest BCUT2D eigenvalue weighted by Gasteiger charge is 2.38. The van der Waals surface area contributed by atoms with Crippen molar-refractivity contribution in [3.63, 3.8) is 0 Å². The van der Waals surface area contributed by atoms with Crippen LogP contribution >= 0.6 is 0 Å². The molecule has 1 rings (SSSR count). The SMILES string of the molecule is CC(C)(C)[Si](C)(C)OCCOc1cccc(CO)c1C(F)(F)F. The molecule has 0 aliphatic rings. The van der Waals surface area contributed by atoms with E-state index in [4.69, 9.17) is 14.3 Å². The van der Waals surface area contributed by atoms with Gasteiger partial charge in [-0.3, -0.25) is 0 Å². The van der Waals surface area contributed by atoms with Crippen molar-refractivity contribution in [2.45, 2.75) is 51.7 Å². The van der Waals surface area contributed by atoms with Gasteiger partial charge in [-0.1, -0.05) is 32.9 Å². The highest BCUT2D eigenvalue weighted by Crippen LogP contribution is 2.39. The van der Waals surface area contributed by atoms with Crippen LogP contribution in [0.4, 0.5) is 13.2 Å². The summed E-state index contributed by atoms with van der Waals surface area (Å²) >= 11 is 0. The van der Waals surface area contributed by atoms with Crippen molar-refractivity contribution < 1.29 is 27.4 Å². The van der Waals surface area contributed by atoms with Gasteiger partial charge < -0.3 is 14.3 Å². The Hall–Kier alpha value is -1.05. The van der Waals surface area contributed by atoms with Gasteiger partial charge in [0.1, 0.15) is 17.9 Å². The second-order valence-electron chi connectivity index (χ2n) is 6.90. The third kappa shape index (κ3) is 5.22. The summed E-state index contributed by atoms with van der Waals surface area (Å²) in [5, 5.41) is 9.13. The summed E-state index contributed by atoms with van der Waals surface area (Å²) in [6.07, 6.45) is -4.57. The normalized spacial score (nSPS) is 13.3. The lowest BCUT2D eigenvalue weighted by atomic mass is 10.1. The monoisotopic (exact) mass is 350 g/mol. The first-order valence-corrected chi connectivity index (χ1v) is 10.4. The van der Waals surface area contributed by atoms with Crippen LogP contribution in [0.5, 0.6) is 5.75 Å². The Kier molecular flexibility index (Phi) is 6.29. The molecule has 1 N–H and O–H groups in total. The van der Waals surface area contributed by atoms with Gasteiger partial charge in [0.05, 0.1) is 13.2 Å². The lowest BCUT2D eigenvalue weighted by Gasteiger charge is -2.36. The lowest BCUT2D eigenvalue weighted by Crippen LogP contribution is -2.41. The van der Waals surface area contributed by atoms with Crippen molar-refractivity contribution in [2.24, 2.45) is 0 Å². The fourth-order valence-corrected chi connectivity index (χ4v) is 2.84. The standard InChI is InChI=1S/C16H25F3O3Si/c1-15(2,3)23(4,5)22-10-9-21-13-8-6-7-12(11-20)14(13)16(17,18)19/h6-8,20H,9-11H2,1-5H3. The molecule has 0 amide bonds. The van der Waals surface area contributed by atoms with Crippen LogP contribution < -0.4 is 4.74 Å². The third-order valence-electron chi connectivity index (χ3n) is 4.18. The van der Waals surface area contributed by atoms with Gasteiger partial charge in [0, 0.05) is 0 Å². The summed E-state index contributed by atoms with van der Waals surface area (Å²) in [5.41, 5.74) is -1.12. The average Bonchev–Trinajstić information content (AvgIpc) is 2.40. The number of benzene rings is 1. The first-order chi connectivity index (χ1) is 10.4. The number of aliphatic hydroxyl groups is 1. The first-order valence-electron chi connectivity index (χ1n) is 7.47. The van der Waals surface area contributed by atoms with E-state index < -0.39 is 26.7 Å². The molecule has 3 nitrogen and oxygen atoms in total. The quantitative estimate of drug-likeness (QED) is 0.602. The molecule has 0 unspecified atom stereocenters. The fourth-order valence-electron chi connectivity index (χ4n) is 1.82. The van der Waals surface area contributed by atoms with Crippen molar-refractivity contribution in [3.8, 4) is 5.75 Å². The van der Waals surface area contributed by atoms with Gasteiger partial charge in [-0.25, -0.2) is 0 Å². The van der Waals surface area contributed by atoms with Gasteiger partial charge in [-0.05, 0) is 29.8 Å². The minimum absolute atomic E-state index is 0.0287. The molecule has 0 aliphatic heterocycles. The zero-order valence-corrected chi connectivity index (χ0v) is 15.3. The molecule has 23 heavy (non-hydrogen) atoms. The van der Waals surface area contributed by atoms with Crippen LogP contribution in [0.15, 0.2) is 18.2 Å². The Balaban J connectivity index is 2.77. The fraction of sp³-hybridized carbons (Fsp3) is 0.625. The topological polar surface area (TPSA) is 38.7 Å². The molecule has 0 bridgehead atoms. The Labute approximate surface area is 136 Å². The molecule has 0 aromatic heterocycles. The maximum absolute atomic E-state index is 13.1. The van der Waals surface area contributed by atoms with Crippen molar-refractivity contribution in [1.82, 2.24) is 0 Å². The maximum Gasteiger partial charge on any atom is 0.420 e. The zero-order chi connectivity index (χ0) is 17.9. The lowest BCUT2D eigenvalue weighted by molar-refractivity contribution is -0.140. The van der Waals surface area contributed by atoms with Gasteiger partial charge in [0.25, 0.3) is 0 Å². The predicted molar refractivity (Wildman–Crippen MR) is 86.0 cm³/mol. The molecule has 1 aromatic rings. The number of hydrogen-bond donors (Lipinski definition) is 1. The van der Waals surface area contributed by atoms with Crippen LogP contribution in [0.25, 0.3) is 0 Å². The molecule has 132 valence electrons. The van der Waals surface area contributed by atoms with Gasteiger partial charge in [0.2, 0.25) is 0 Å². The van der Waals surface area contributed by atoms with Gasteiger partial charge in [0.15, 0.2) is 8.32 Å². The summed E-state index contributed by atoms with van der Waals surface area (Å²) in [4.78, 5) is 0. The van der Waals surface area contributed by atoms with E-state index >= 15 is 0 Å². The Morgan fingerprint density at radius 2 is 1.70 bits per heavy atom. The van der Waals surface area contributed by atoms with E-state index in [0.717, 1.165) is 0 Å². The van der Waals surface area contributed by atoms with Crippen molar-refractivity contribution in [2.75, 3.05) is 13.2 Å². The minimum Gasteiger partial charge on any atom is -0.491 e. The van der Waals surface area contributed by atoms with Crippen LogP contribution in [-0.4, -0.2) is 26.6 Å². The second kappa shape index (κ2) is 7.23. The predicted octanol–water partition coefficient (Wildman–Crippen LogP) is 4.60. The van der Waals surface area contributed by atoms with E-state index in [2.05, 4.69) is 33.9 Å². The highest BCUT2D eigenvalue weighted by atomic mass is 28.4. The number of halogens is 3.